The van der Waals surface area contributed by atoms with Crippen LogP contribution in [0.1, 0.15) is 16.9 Å². The average Bonchev–Trinajstić information content (AvgIpc) is 2.89. The first-order chi connectivity index (χ1) is 9.67. The topological polar surface area (TPSA) is 38.3 Å². The fraction of sp³-hybridized carbons (Fsp3) is 0.267. The number of halogens is 1. The smallest absolute Gasteiger partial charge is 0.220 e. The predicted molar refractivity (Wildman–Crippen MR) is 85.2 cm³/mol. The van der Waals surface area contributed by atoms with E-state index in [2.05, 4.69) is 21.2 Å². The van der Waals surface area contributed by atoms with Crippen LogP contribution in [-0.4, -0.2) is 13.0 Å². The Morgan fingerprint density at radius 2 is 2.00 bits per heavy atom. The van der Waals surface area contributed by atoms with Crippen molar-refractivity contribution in [1.82, 2.24) is 5.32 Å². The van der Waals surface area contributed by atoms with Crippen molar-refractivity contribution in [3.63, 3.8) is 0 Å². The number of methoxy groups -OCH3 is 1. The Morgan fingerprint density at radius 3 is 2.60 bits per heavy atom. The van der Waals surface area contributed by atoms with Gasteiger partial charge in [0.15, 0.2) is 0 Å². The van der Waals surface area contributed by atoms with Crippen LogP contribution in [0, 0.1) is 0 Å². The summed E-state index contributed by atoms with van der Waals surface area (Å²) in [7, 11) is 1.64. The summed E-state index contributed by atoms with van der Waals surface area (Å²) in [4.78, 5) is 12.9. The van der Waals surface area contributed by atoms with Crippen molar-refractivity contribution in [2.45, 2.75) is 19.4 Å². The SMILES string of the molecule is COc1ccc(CCC(=O)NCc2ccc(Br)s2)cc1. The number of thiophene rings is 1. The van der Waals surface area contributed by atoms with Crippen LogP contribution in [0.3, 0.4) is 0 Å². The first-order valence-electron chi connectivity index (χ1n) is 6.31. The van der Waals surface area contributed by atoms with E-state index < -0.39 is 0 Å². The lowest BCUT2D eigenvalue weighted by Crippen LogP contribution is -2.22. The molecule has 0 aliphatic rings. The fourth-order valence-electron chi connectivity index (χ4n) is 1.77. The molecule has 0 saturated heterocycles. The van der Waals surface area contributed by atoms with E-state index in [1.807, 2.05) is 36.4 Å². The lowest BCUT2D eigenvalue weighted by Gasteiger charge is -2.05. The second-order valence-corrected chi connectivity index (χ2v) is 6.88. The highest BCUT2D eigenvalue weighted by atomic mass is 79.9. The highest BCUT2D eigenvalue weighted by Gasteiger charge is 2.04. The van der Waals surface area contributed by atoms with Gasteiger partial charge >= 0.3 is 0 Å². The highest BCUT2D eigenvalue weighted by molar-refractivity contribution is 9.11. The highest BCUT2D eigenvalue weighted by Crippen LogP contribution is 2.21. The summed E-state index contributed by atoms with van der Waals surface area (Å²) in [5.41, 5.74) is 1.14. The number of carbonyl (C=O) groups is 1. The summed E-state index contributed by atoms with van der Waals surface area (Å²) in [6, 6.07) is 11.8. The molecule has 5 heteroatoms. The van der Waals surface area contributed by atoms with Gasteiger partial charge in [-0.3, -0.25) is 4.79 Å². The summed E-state index contributed by atoms with van der Waals surface area (Å²) in [6.45, 7) is 0.595. The van der Waals surface area contributed by atoms with Crippen molar-refractivity contribution < 1.29 is 9.53 Å². The van der Waals surface area contributed by atoms with Crippen LogP contribution in [0.2, 0.25) is 0 Å². The molecule has 1 aromatic heterocycles. The molecular weight excluding hydrogens is 338 g/mol. The number of benzene rings is 1. The molecule has 0 fully saturated rings. The molecule has 0 spiro atoms. The molecule has 0 bridgehead atoms. The Kier molecular flexibility index (Phi) is 5.61. The molecule has 0 radical (unpaired) electrons. The van der Waals surface area contributed by atoms with Crippen LogP contribution in [0.4, 0.5) is 0 Å². The van der Waals surface area contributed by atoms with Gasteiger partial charge in [-0.2, -0.15) is 0 Å². The molecule has 0 aliphatic heterocycles. The van der Waals surface area contributed by atoms with Gasteiger partial charge in [0.1, 0.15) is 5.75 Å². The largest absolute Gasteiger partial charge is 0.497 e. The lowest BCUT2D eigenvalue weighted by atomic mass is 10.1. The van der Waals surface area contributed by atoms with Crippen LogP contribution in [0.5, 0.6) is 5.75 Å². The minimum absolute atomic E-state index is 0.0744. The number of hydrogen-bond donors (Lipinski definition) is 1. The third-order valence-electron chi connectivity index (χ3n) is 2.89. The standard InChI is InChI=1S/C15H16BrNO2S/c1-19-12-5-2-11(3-6-12)4-9-15(18)17-10-13-7-8-14(16)20-13/h2-3,5-8H,4,9-10H2,1H3,(H,17,18). The molecule has 3 nitrogen and oxygen atoms in total. The molecule has 1 aromatic carbocycles. The molecule has 1 N–H and O–H groups in total. The van der Waals surface area contributed by atoms with Crippen LogP contribution < -0.4 is 10.1 Å². The van der Waals surface area contributed by atoms with Crippen molar-refractivity contribution in [3.05, 3.63) is 50.6 Å². The Bertz CT molecular complexity index is 566. The van der Waals surface area contributed by atoms with E-state index in [-0.39, 0.29) is 5.91 Å². The number of ether oxygens (including phenoxy) is 1. The van der Waals surface area contributed by atoms with Crippen molar-refractivity contribution in [2.75, 3.05) is 7.11 Å². The average molecular weight is 354 g/mol. The molecule has 2 aromatic rings. The van der Waals surface area contributed by atoms with E-state index in [1.165, 1.54) is 0 Å². The molecule has 1 amide bonds. The summed E-state index contributed by atoms with van der Waals surface area (Å²) in [5, 5.41) is 2.93. The third kappa shape index (κ3) is 4.65. The first kappa shape index (κ1) is 15.1. The first-order valence-corrected chi connectivity index (χ1v) is 7.92. The minimum atomic E-state index is 0.0744. The molecule has 0 saturated carbocycles. The fourth-order valence-corrected chi connectivity index (χ4v) is 3.19. The van der Waals surface area contributed by atoms with Gasteiger partial charge < -0.3 is 10.1 Å². The molecular formula is C15H16BrNO2S. The zero-order chi connectivity index (χ0) is 14.4. The zero-order valence-electron chi connectivity index (χ0n) is 11.2. The Labute approximate surface area is 131 Å². The molecule has 106 valence electrons. The van der Waals surface area contributed by atoms with Gasteiger partial charge in [0.25, 0.3) is 0 Å². The number of carbonyl (C=O) groups excluding carboxylic acids is 1. The lowest BCUT2D eigenvalue weighted by molar-refractivity contribution is -0.121. The molecule has 0 aliphatic carbocycles. The molecule has 0 atom stereocenters. The van der Waals surface area contributed by atoms with E-state index >= 15 is 0 Å². The van der Waals surface area contributed by atoms with Crippen LogP contribution >= 0.6 is 27.3 Å². The van der Waals surface area contributed by atoms with Gasteiger partial charge in [-0.05, 0) is 52.2 Å². The van der Waals surface area contributed by atoms with Gasteiger partial charge in [-0.25, -0.2) is 0 Å². The molecule has 2 rings (SSSR count). The Morgan fingerprint density at radius 1 is 1.25 bits per heavy atom. The minimum Gasteiger partial charge on any atom is -0.497 e. The van der Waals surface area contributed by atoms with Gasteiger partial charge in [-0.1, -0.05) is 12.1 Å². The summed E-state index contributed by atoms with van der Waals surface area (Å²) >= 11 is 5.04. The van der Waals surface area contributed by atoms with Crippen molar-refractivity contribution in [2.24, 2.45) is 0 Å². The second-order valence-electron chi connectivity index (χ2n) is 4.33. The van der Waals surface area contributed by atoms with Crippen LogP contribution in [-0.2, 0) is 17.8 Å². The molecule has 1 heterocycles. The Balaban J connectivity index is 1.74. The summed E-state index contributed by atoms with van der Waals surface area (Å²) in [5.74, 6) is 0.909. The van der Waals surface area contributed by atoms with Gasteiger partial charge in [0, 0.05) is 11.3 Å². The van der Waals surface area contributed by atoms with Gasteiger partial charge in [0.2, 0.25) is 5.91 Å². The van der Waals surface area contributed by atoms with Crippen LogP contribution in [0.15, 0.2) is 40.2 Å². The van der Waals surface area contributed by atoms with Gasteiger partial charge in [-0.15, -0.1) is 11.3 Å². The number of amides is 1. The van der Waals surface area contributed by atoms with Gasteiger partial charge in [0.05, 0.1) is 17.4 Å². The third-order valence-corrected chi connectivity index (χ3v) is 4.51. The maximum atomic E-state index is 11.8. The zero-order valence-corrected chi connectivity index (χ0v) is 13.6. The number of hydrogen-bond acceptors (Lipinski definition) is 3. The second kappa shape index (κ2) is 7.45. The maximum Gasteiger partial charge on any atom is 0.220 e. The van der Waals surface area contributed by atoms with Crippen molar-refractivity contribution >= 4 is 33.2 Å². The normalized spacial score (nSPS) is 10.3. The predicted octanol–water partition coefficient (Wildman–Crippen LogP) is 3.77. The number of aryl methyl sites for hydroxylation is 1. The maximum absolute atomic E-state index is 11.8. The van der Waals surface area contributed by atoms with E-state index in [0.717, 1.165) is 26.4 Å². The monoisotopic (exact) mass is 353 g/mol. The molecule has 0 unspecified atom stereocenters. The van der Waals surface area contributed by atoms with Crippen molar-refractivity contribution in [3.8, 4) is 5.75 Å². The number of nitrogens with one attached hydrogen (secondary N) is 1. The van der Waals surface area contributed by atoms with E-state index in [9.17, 15) is 4.79 Å². The number of rotatable bonds is 6. The summed E-state index contributed by atoms with van der Waals surface area (Å²) < 4.78 is 6.19. The molecule has 20 heavy (non-hydrogen) atoms. The van der Waals surface area contributed by atoms with E-state index in [4.69, 9.17) is 4.74 Å². The van der Waals surface area contributed by atoms with E-state index in [0.29, 0.717) is 13.0 Å². The van der Waals surface area contributed by atoms with Crippen molar-refractivity contribution in [1.29, 1.82) is 0 Å². The van der Waals surface area contributed by atoms with Crippen LogP contribution in [0.25, 0.3) is 0 Å². The summed E-state index contributed by atoms with van der Waals surface area (Å²) in [6.07, 6.45) is 1.24. The Hall–Kier alpha value is -1.33. The van der Waals surface area contributed by atoms with E-state index in [1.54, 1.807) is 18.4 Å². The quantitative estimate of drug-likeness (QED) is 0.858.